The summed E-state index contributed by atoms with van der Waals surface area (Å²) in [6.07, 6.45) is 1.75. The number of hydrogen-bond donors (Lipinski definition) is 1. The van der Waals surface area contributed by atoms with Crippen molar-refractivity contribution in [1.82, 2.24) is 4.98 Å². The average Bonchev–Trinajstić information content (AvgIpc) is 1.99. The van der Waals surface area contributed by atoms with E-state index in [0.29, 0.717) is 0 Å². The Morgan fingerprint density at radius 2 is 2.27 bits per heavy atom. The van der Waals surface area contributed by atoms with E-state index in [1.54, 1.807) is 6.20 Å². The van der Waals surface area contributed by atoms with Gasteiger partial charge >= 0.3 is 0 Å². The minimum atomic E-state index is 0.778. The highest BCUT2D eigenvalue weighted by molar-refractivity contribution is 5.47. The summed E-state index contributed by atoms with van der Waals surface area (Å²) in [7, 11) is 0. The second-order valence-electron chi connectivity index (χ2n) is 2.37. The number of pyridine rings is 1. The van der Waals surface area contributed by atoms with Crippen LogP contribution in [-0.2, 0) is 0 Å². The molecule has 0 bridgehead atoms. The van der Waals surface area contributed by atoms with Crippen LogP contribution in [0.2, 0.25) is 0 Å². The van der Waals surface area contributed by atoms with Crippen LogP contribution in [0.1, 0.15) is 11.1 Å². The lowest BCUT2D eigenvalue weighted by Crippen LogP contribution is -1.95. The van der Waals surface area contributed by atoms with Gasteiger partial charge in [-0.15, -0.1) is 0 Å². The van der Waals surface area contributed by atoms with Crippen molar-refractivity contribution in [3.05, 3.63) is 23.4 Å². The molecule has 0 amide bonds. The van der Waals surface area contributed by atoms with Gasteiger partial charge in [0.25, 0.3) is 0 Å². The molecule has 3 heteroatoms. The standard InChI is InChI=1S/C8H11N3/c1-6-4-5-10-8(7(6)2)11-9-3/h4-5H,3H2,1-2H3,(H,10,11). The van der Waals surface area contributed by atoms with E-state index < -0.39 is 0 Å². The van der Waals surface area contributed by atoms with Crippen molar-refractivity contribution in [2.45, 2.75) is 13.8 Å². The molecule has 1 N–H and O–H groups in total. The van der Waals surface area contributed by atoms with E-state index in [4.69, 9.17) is 0 Å². The van der Waals surface area contributed by atoms with Crippen molar-refractivity contribution in [3.63, 3.8) is 0 Å². The molecule has 3 nitrogen and oxygen atoms in total. The van der Waals surface area contributed by atoms with Crippen molar-refractivity contribution >= 4 is 12.5 Å². The number of nitrogens with zero attached hydrogens (tertiary/aromatic N) is 2. The smallest absolute Gasteiger partial charge is 0.149 e. The van der Waals surface area contributed by atoms with Gasteiger partial charge in [-0.1, -0.05) is 0 Å². The Balaban J connectivity index is 3.05. The van der Waals surface area contributed by atoms with Gasteiger partial charge in [0.2, 0.25) is 0 Å². The first-order chi connectivity index (χ1) is 5.25. The summed E-state index contributed by atoms with van der Waals surface area (Å²) < 4.78 is 0. The van der Waals surface area contributed by atoms with Crippen molar-refractivity contribution < 1.29 is 0 Å². The highest BCUT2D eigenvalue weighted by Crippen LogP contribution is 2.13. The molecule has 0 fully saturated rings. The quantitative estimate of drug-likeness (QED) is 0.513. The molecule has 0 saturated heterocycles. The average molecular weight is 149 g/mol. The second kappa shape index (κ2) is 3.14. The summed E-state index contributed by atoms with van der Waals surface area (Å²) >= 11 is 0. The lowest BCUT2D eigenvalue weighted by atomic mass is 10.2. The minimum absolute atomic E-state index is 0.778. The lowest BCUT2D eigenvalue weighted by Gasteiger charge is -2.04. The van der Waals surface area contributed by atoms with Crippen LogP contribution in [-0.4, -0.2) is 11.7 Å². The first-order valence-electron chi connectivity index (χ1n) is 3.39. The molecule has 0 aromatic carbocycles. The Morgan fingerprint density at radius 3 is 2.91 bits per heavy atom. The van der Waals surface area contributed by atoms with Crippen molar-refractivity contribution in [1.29, 1.82) is 0 Å². The van der Waals surface area contributed by atoms with Crippen molar-refractivity contribution in [3.8, 4) is 0 Å². The third kappa shape index (κ3) is 1.55. The molecule has 0 saturated carbocycles. The molecule has 0 aliphatic heterocycles. The van der Waals surface area contributed by atoms with Gasteiger partial charge in [0.1, 0.15) is 5.82 Å². The molecule has 0 atom stereocenters. The van der Waals surface area contributed by atoms with Crippen molar-refractivity contribution in [2.24, 2.45) is 5.10 Å². The summed E-state index contributed by atoms with van der Waals surface area (Å²) in [4.78, 5) is 4.08. The molecule has 0 aliphatic carbocycles. The Morgan fingerprint density at radius 1 is 1.55 bits per heavy atom. The Hall–Kier alpha value is -1.38. The van der Waals surface area contributed by atoms with Crippen LogP contribution in [0.25, 0.3) is 0 Å². The number of aryl methyl sites for hydroxylation is 1. The molecule has 0 unspecified atom stereocenters. The zero-order valence-electron chi connectivity index (χ0n) is 6.76. The molecule has 1 aromatic heterocycles. The van der Waals surface area contributed by atoms with E-state index in [1.807, 2.05) is 19.9 Å². The minimum Gasteiger partial charge on any atom is -0.262 e. The van der Waals surface area contributed by atoms with E-state index in [9.17, 15) is 0 Å². The van der Waals surface area contributed by atoms with Crippen LogP contribution < -0.4 is 5.43 Å². The molecule has 0 spiro atoms. The Labute approximate surface area is 66.2 Å². The van der Waals surface area contributed by atoms with Crippen LogP contribution in [0.4, 0.5) is 5.82 Å². The van der Waals surface area contributed by atoms with E-state index in [-0.39, 0.29) is 0 Å². The Kier molecular flexibility index (Phi) is 2.21. The fourth-order valence-electron chi connectivity index (χ4n) is 0.820. The maximum atomic E-state index is 4.08. The number of hydrazone groups is 1. The van der Waals surface area contributed by atoms with E-state index in [2.05, 4.69) is 22.2 Å². The van der Waals surface area contributed by atoms with E-state index in [0.717, 1.165) is 11.4 Å². The maximum Gasteiger partial charge on any atom is 0.149 e. The van der Waals surface area contributed by atoms with Gasteiger partial charge in [0.05, 0.1) is 0 Å². The molecule has 1 rings (SSSR count). The highest BCUT2D eigenvalue weighted by Gasteiger charge is 1.98. The molecule has 11 heavy (non-hydrogen) atoms. The summed E-state index contributed by atoms with van der Waals surface area (Å²) in [5.74, 6) is 0.778. The third-order valence-corrected chi connectivity index (χ3v) is 1.66. The first kappa shape index (κ1) is 7.72. The SMILES string of the molecule is C=NNc1nccc(C)c1C. The number of hydrogen-bond acceptors (Lipinski definition) is 3. The highest BCUT2D eigenvalue weighted by atomic mass is 15.3. The topological polar surface area (TPSA) is 37.3 Å². The zero-order chi connectivity index (χ0) is 8.27. The molecular formula is C8H11N3. The van der Waals surface area contributed by atoms with Crippen LogP contribution >= 0.6 is 0 Å². The van der Waals surface area contributed by atoms with E-state index in [1.165, 1.54) is 5.56 Å². The van der Waals surface area contributed by atoms with Crippen LogP contribution in [0.15, 0.2) is 17.4 Å². The summed E-state index contributed by atoms with van der Waals surface area (Å²) in [6.45, 7) is 7.35. The number of aromatic nitrogens is 1. The molecule has 58 valence electrons. The predicted molar refractivity (Wildman–Crippen MR) is 46.9 cm³/mol. The molecular weight excluding hydrogens is 138 g/mol. The monoisotopic (exact) mass is 149 g/mol. The van der Waals surface area contributed by atoms with Crippen LogP contribution in [0.5, 0.6) is 0 Å². The van der Waals surface area contributed by atoms with Gasteiger partial charge in [-0.2, -0.15) is 5.10 Å². The Bertz CT molecular complexity index is 268. The third-order valence-electron chi connectivity index (χ3n) is 1.66. The summed E-state index contributed by atoms with van der Waals surface area (Å²) in [5.41, 5.74) is 5.03. The van der Waals surface area contributed by atoms with Gasteiger partial charge in [0, 0.05) is 12.9 Å². The normalized spacial score (nSPS) is 9.27. The van der Waals surface area contributed by atoms with E-state index >= 15 is 0 Å². The largest absolute Gasteiger partial charge is 0.262 e. The van der Waals surface area contributed by atoms with Crippen LogP contribution in [0, 0.1) is 13.8 Å². The second-order valence-corrected chi connectivity index (χ2v) is 2.37. The predicted octanol–water partition coefficient (Wildman–Crippen LogP) is 1.73. The van der Waals surface area contributed by atoms with Crippen LogP contribution in [0.3, 0.4) is 0 Å². The van der Waals surface area contributed by atoms with Gasteiger partial charge in [0.15, 0.2) is 0 Å². The van der Waals surface area contributed by atoms with Gasteiger partial charge in [-0.05, 0) is 31.0 Å². The maximum absolute atomic E-state index is 4.08. The number of rotatable bonds is 2. The fourth-order valence-corrected chi connectivity index (χ4v) is 0.820. The van der Waals surface area contributed by atoms with Gasteiger partial charge < -0.3 is 0 Å². The molecule has 0 aliphatic rings. The number of nitrogens with one attached hydrogen (secondary N) is 1. The summed E-state index contributed by atoms with van der Waals surface area (Å²) in [5, 5.41) is 3.55. The fraction of sp³-hybridized carbons (Fsp3) is 0.250. The molecule has 0 radical (unpaired) electrons. The molecule has 1 aromatic rings. The van der Waals surface area contributed by atoms with Crippen molar-refractivity contribution in [2.75, 3.05) is 5.43 Å². The lowest BCUT2D eigenvalue weighted by molar-refractivity contribution is 1.17. The first-order valence-corrected chi connectivity index (χ1v) is 3.39. The number of anilines is 1. The molecule has 1 heterocycles. The zero-order valence-corrected chi connectivity index (χ0v) is 6.76. The van der Waals surface area contributed by atoms with Gasteiger partial charge in [-0.25, -0.2) is 4.98 Å². The van der Waals surface area contributed by atoms with Gasteiger partial charge in [-0.3, -0.25) is 5.43 Å². The summed E-state index contributed by atoms with van der Waals surface area (Å²) in [6, 6.07) is 1.96.